The molecule has 0 aromatic carbocycles. The summed E-state index contributed by atoms with van der Waals surface area (Å²) < 4.78 is 0. The van der Waals surface area contributed by atoms with Gasteiger partial charge in [-0.1, -0.05) is 0 Å². The van der Waals surface area contributed by atoms with Crippen molar-refractivity contribution in [1.82, 2.24) is 10.2 Å². The number of nitrogens with zero attached hydrogens (tertiary/aromatic N) is 1. The van der Waals surface area contributed by atoms with Crippen molar-refractivity contribution in [2.24, 2.45) is 5.92 Å². The normalized spacial score (nSPS) is 24.1. The van der Waals surface area contributed by atoms with Crippen LogP contribution in [-0.2, 0) is 4.79 Å². The number of likely N-dealkylation sites (tertiary alicyclic amines) is 1. The SMILES string of the molecule is CNC(=O)CCCN1CCC(C(C)O)C1. The lowest BCUT2D eigenvalue weighted by molar-refractivity contribution is -0.120. The van der Waals surface area contributed by atoms with E-state index in [-0.39, 0.29) is 12.0 Å². The topological polar surface area (TPSA) is 52.6 Å². The van der Waals surface area contributed by atoms with Crippen LogP contribution in [0.3, 0.4) is 0 Å². The number of rotatable bonds is 5. The van der Waals surface area contributed by atoms with Gasteiger partial charge in [-0.25, -0.2) is 0 Å². The van der Waals surface area contributed by atoms with E-state index in [1.165, 1.54) is 0 Å². The first kappa shape index (κ1) is 12.5. The third kappa shape index (κ3) is 4.18. The highest BCUT2D eigenvalue weighted by molar-refractivity contribution is 5.75. The van der Waals surface area contributed by atoms with Crippen LogP contribution in [0.4, 0.5) is 0 Å². The lowest BCUT2D eigenvalue weighted by Crippen LogP contribution is -2.26. The number of carbonyl (C=O) groups is 1. The van der Waals surface area contributed by atoms with Gasteiger partial charge < -0.3 is 15.3 Å². The summed E-state index contributed by atoms with van der Waals surface area (Å²) in [5.74, 6) is 0.534. The van der Waals surface area contributed by atoms with Gasteiger partial charge in [0, 0.05) is 20.0 Å². The van der Waals surface area contributed by atoms with Crippen LogP contribution >= 0.6 is 0 Å². The van der Waals surface area contributed by atoms with Crippen LogP contribution in [0.1, 0.15) is 26.2 Å². The zero-order valence-electron chi connectivity index (χ0n) is 9.70. The Morgan fingerprint density at radius 2 is 2.40 bits per heavy atom. The molecular weight excluding hydrogens is 192 g/mol. The summed E-state index contributed by atoms with van der Waals surface area (Å²) >= 11 is 0. The highest BCUT2D eigenvalue weighted by Gasteiger charge is 2.25. The molecule has 0 aromatic heterocycles. The molecule has 0 radical (unpaired) electrons. The number of amides is 1. The predicted molar refractivity (Wildman–Crippen MR) is 59.5 cm³/mol. The van der Waals surface area contributed by atoms with E-state index >= 15 is 0 Å². The van der Waals surface area contributed by atoms with Crippen molar-refractivity contribution < 1.29 is 9.90 Å². The molecule has 0 saturated carbocycles. The Bertz CT molecular complexity index is 207. The molecule has 2 N–H and O–H groups in total. The fourth-order valence-corrected chi connectivity index (χ4v) is 2.05. The number of hydrogen-bond acceptors (Lipinski definition) is 3. The van der Waals surface area contributed by atoms with Gasteiger partial charge >= 0.3 is 0 Å². The smallest absolute Gasteiger partial charge is 0.219 e. The lowest BCUT2D eigenvalue weighted by atomic mass is 10.0. The van der Waals surface area contributed by atoms with Gasteiger partial charge in [-0.2, -0.15) is 0 Å². The molecule has 1 aliphatic rings. The molecular formula is C11H22N2O2. The summed E-state index contributed by atoms with van der Waals surface area (Å²) in [6.45, 7) is 4.87. The van der Waals surface area contributed by atoms with Gasteiger partial charge in [0.1, 0.15) is 0 Å². The van der Waals surface area contributed by atoms with Crippen molar-refractivity contribution in [3.8, 4) is 0 Å². The van der Waals surface area contributed by atoms with Gasteiger partial charge in [0.05, 0.1) is 6.10 Å². The maximum atomic E-state index is 11.0. The van der Waals surface area contributed by atoms with Gasteiger partial charge in [-0.3, -0.25) is 4.79 Å². The number of hydrogen-bond donors (Lipinski definition) is 2. The predicted octanol–water partition coefficient (Wildman–Crippen LogP) is 0.215. The zero-order valence-corrected chi connectivity index (χ0v) is 9.70. The van der Waals surface area contributed by atoms with E-state index in [1.54, 1.807) is 7.05 Å². The van der Waals surface area contributed by atoms with Crippen LogP contribution < -0.4 is 5.32 Å². The molecule has 1 heterocycles. The molecule has 1 amide bonds. The first-order valence-corrected chi connectivity index (χ1v) is 5.74. The minimum Gasteiger partial charge on any atom is -0.393 e. The molecule has 0 aromatic rings. The molecule has 2 atom stereocenters. The van der Waals surface area contributed by atoms with E-state index in [4.69, 9.17) is 0 Å². The molecule has 88 valence electrons. The van der Waals surface area contributed by atoms with Gasteiger partial charge in [-0.15, -0.1) is 0 Å². The Hall–Kier alpha value is -0.610. The van der Waals surface area contributed by atoms with Crippen molar-refractivity contribution in [1.29, 1.82) is 0 Å². The number of carbonyl (C=O) groups excluding carboxylic acids is 1. The van der Waals surface area contributed by atoms with E-state index in [9.17, 15) is 9.90 Å². The second kappa shape index (κ2) is 6.08. The molecule has 1 saturated heterocycles. The summed E-state index contributed by atoms with van der Waals surface area (Å²) in [6, 6.07) is 0. The Balaban J connectivity index is 2.11. The first-order valence-electron chi connectivity index (χ1n) is 5.74. The summed E-state index contributed by atoms with van der Waals surface area (Å²) in [6.07, 6.45) is 2.39. The Kier molecular flexibility index (Phi) is 5.05. The summed E-state index contributed by atoms with van der Waals surface area (Å²) in [5, 5.41) is 12.1. The number of aliphatic hydroxyl groups excluding tert-OH is 1. The van der Waals surface area contributed by atoms with Gasteiger partial charge in [0.15, 0.2) is 0 Å². The Morgan fingerprint density at radius 3 is 2.93 bits per heavy atom. The van der Waals surface area contributed by atoms with Crippen LogP contribution in [0.5, 0.6) is 0 Å². The molecule has 0 spiro atoms. The van der Waals surface area contributed by atoms with Crippen LogP contribution in [0.25, 0.3) is 0 Å². The monoisotopic (exact) mass is 214 g/mol. The molecule has 1 rings (SSSR count). The quantitative estimate of drug-likeness (QED) is 0.688. The highest BCUT2D eigenvalue weighted by Crippen LogP contribution is 2.19. The fraction of sp³-hybridized carbons (Fsp3) is 0.909. The molecule has 0 aliphatic carbocycles. The first-order chi connectivity index (χ1) is 7.13. The Morgan fingerprint density at radius 1 is 1.67 bits per heavy atom. The van der Waals surface area contributed by atoms with E-state index in [1.807, 2.05) is 6.92 Å². The van der Waals surface area contributed by atoms with Crippen LogP contribution in [0, 0.1) is 5.92 Å². The van der Waals surface area contributed by atoms with E-state index in [0.29, 0.717) is 12.3 Å². The number of aliphatic hydroxyl groups is 1. The molecule has 1 aliphatic heterocycles. The van der Waals surface area contributed by atoms with E-state index in [2.05, 4.69) is 10.2 Å². The molecule has 2 unspecified atom stereocenters. The van der Waals surface area contributed by atoms with Crippen molar-refractivity contribution >= 4 is 5.91 Å². The van der Waals surface area contributed by atoms with Crippen molar-refractivity contribution in [2.75, 3.05) is 26.7 Å². The minimum absolute atomic E-state index is 0.112. The van der Waals surface area contributed by atoms with Crippen LogP contribution in [0.15, 0.2) is 0 Å². The Labute approximate surface area is 91.6 Å². The minimum atomic E-state index is -0.200. The molecule has 4 heteroatoms. The molecule has 4 nitrogen and oxygen atoms in total. The largest absolute Gasteiger partial charge is 0.393 e. The van der Waals surface area contributed by atoms with Crippen LogP contribution in [-0.4, -0.2) is 48.7 Å². The summed E-state index contributed by atoms with van der Waals surface area (Å²) in [4.78, 5) is 13.3. The highest BCUT2D eigenvalue weighted by atomic mass is 16.3. The van der Waals surface area contributed by atoms with E-state index in [0.717, 1.165) is 32.5 Å². The summed E-state index contributed by atoms with van der Waals surface area (Å²) in [7, 11) is 1.67. The van der Waals surface area contributed by atoms with Crippen molar-refractivity contribution in [2.45, 2.75) is 32.3 Å². The maximum absolute atomic E-state index is 11.0. The number of nitrogens with one attached hydrogen (secondary N) is 1. The van der Waals surface area contributed by atoms with Crippen molar-refractivity contribution in [3.05, 3.63) is 0 Å². The van der Waals surface area contributed by atoms with Crippen molar-refractivity contribution in [3.63, 3.8) is 0 Å². The fourth-order valence-electron chi connectivity index (χ4n) is 2.05. The van der Waals surface area contributed by atoms with E-state index < -0.39 is 0 Å². The lowest BCUT2D eigenvalue weighted by Gasteiger charge is -2.16. The molecule has 0 bridgehead atoms. The second-order valence-electron chi connectivity index (χ2n) is 4.37. The standard InChI is InChI=1S/C11H22N2O2/c1-9(14)10-5-7-13(8-10)6-3-4-11(15)12-2/h9-10,14H,3-8H2,1-2H3,(H,12,15). The summed E-state index contributed by atoms with van der Waals surface area (Å²) in [5.41, 5.74) is 0. The maximum Gasteiger partial charge on any atom is 0.219 e. The van der Waals surface area contributed by atoms with Gasteiger partial charge in [0.2, 0.25) is 5.91 Å². The van der Waals surface area contributed by atoms with Crippen LogP contribution in [0.2, 0.25) is 0 Å². The average Bonchev–Trinajstić information content (AvgIpc) is 2.66. The second-order valence-corrected chi connectivity index (χ2v) is 4.37. The average molecular weight is 214 g/mol. The molecule has 15 heavy (non-hydrogen) atoms. The molecule has 1 fully saturated rings. The third-order valence-electron chi connectivity index (χ3n) is 3.15. The van der Waals surface area contributed by atoms with Gasteiger partial charge in [0.25, 0.3) is 0 Å². The third-order valence-corrected chi connectivity index (χ3v) is 3.15. The van der Waals surface area contributed by atoms with Gasteiger partial charge in [-0.05, 0) is 38.8 Å². The zero-order chi connectivity index (χ0) is 11.3.